The zero-order chi connectivity index (χ0) is 19.8. The summed E-state index contributed by atoms with van der Waals surface area (Å²) in [4.78, 5) is 20.0. The van der Waals surface area contributed by atoms with Gasteiger partial charge in [-0.15, -0.1) is 0 Å². The highest BCUT2D eigenvalue weighted by molar-refractivity contribution is 5.72. The minimum atomic E-state index is -0.268. The average molecular weight is 382 g/mol. The van der Waals surface area contributed by atoms with Crippen LogP contribution in [0.3, 0.4) is 0 Å². The van der Waals surface area contributed by atoms with E-state index in [1.54, 1.807) is 10.5 Å². The molecule has 7 heteroatoms. The Morgan fingerprint density at radius 3 is 2.61 bits per heavy atom. The summed E-state index contributed by atoms with van der Waals surface area (Å²) in [6, 6.07) is 8.50. The number of fused-ring (bicyclic) bond motifs is 1. The Morgan fingerprint density at radius 1 is 1.18 bits per heavy atom. The van der Waals surface area contributed by atoms with Gasteiger partial charge >= 0.3 is 0 Å². The lowest BCUT2D eigenvalue weighted by molar-refractivity contribution is 0.122. The second kappa shape index (κ2) is 7.33. The second-order valence-corrected chi connectivity index (χ2v) is 7.06. The van der Waals surface area contributed by atoms with Crippen LogP contribution in [-0.4, -0.2) is 35.7 Å². The molecule has 0 saturated carbocycles. The Bertz CT molecular complexity index is 1100. The lowest BCUT2D eigenvalue weighted by Gasteiger charge is -2.29. The summed E-state index contributed by atoms with van der Waals surface area (Å²) in [5, 5.41) is 0. The number of hydrogen-bond donors (Lipinski definition) is 1. The summed E-state index contributed by atoms with van der Waals surface area (Å²) in [5.41, 5.74) is 10.2. The number of morpholine rings is 1. The SMILES string of the molecule is Cc1cc(F)ccc1-c1cc(C)n2c(=O)c(CN)c(N3CCOCC3)nc2c1. The topological polar surface area (TPSA) is 72.9 Å². The van der Waals surface area contributed by atoms with E-state index in [0.717, 1.165) is 22.4 Å². The highest BCUT2D eigenvalue weighted by atomic mass is 19.1. The third kappa shape index (κ3) is 3.16. The molecule has 146 valence electrons. The average Bonchev–Trinajstić information content (AvgIpc) is 2.68. The molecule has 0 bridgehead atoms. The first kappa shape index (κ1) is 18.6. The molecule has 3 aromatic rings. The van der Waals surface area contributed by atoms with Gasteiger partial charge < -0.3 is 15.4 Å². The number of aryl methyl sites for hydroxylation is 2. The quantitative estimate of drug-likeness (QED) is 0.753. The summed E-state index contributed by atoms with van der Waals surface area (Å²) in [6.07, 6.45) is 0. The number of hydrogen-bond acceptors (Lipinski definition) is 5. The van der Waals surface area contributed by atoms with E-state index < -0.39 is 0 Å². The first-order valence-electron chi connectivity index (χ1n) is 9.35. The number of pyridine rings is 1. The molecular weight excluding hydrogens is 359 g/mol. The smallest absolute Gasteiger partial charge is 0.264 e. The third-order valence-electron chi connectivity index (χ3n) is 5.20. The van der Waals surface area contributed by atoms with Crippen LogP contribution in [0.1, 0.15) is 16.8 Å². The number of ether oxygens (including phenoxy) is 1. The Balaban J connectivity index is 1.94. The standard InChI is InChI=1S/C21H23FN4O2/c1-13-9-16(22)3-4-17(13)15-10-14(2)26-19(11-15)24-20(18(12-23)21(26)27)25-5-7-28-8-6-25/h3-4,9-11H,5-8,12,23H2,1-2H3. The summed E-state index contributed by atoms with van der Waals surface area (Å²) in [7, 11) is 0. The number of benzene rings is 1. The van der Waals surface area contributed by atoms with Crippen molar-refractivity contribution in [1.82, 2.24) is 9.38 Å². The van der Waals surface area contributed by atoms with Gasteiger partial charge in [0.25, 0.3) is 5.56 Å². The molecule has 3 heterocycles. The number of halogens is 1. The second-order valence-electron chi connectivity index (χ2n) is 7.06. The monoisotopic (exact) mass is 382 g/mol. The Labute approximate surface area is 162 Å². The van der Waals surface area contributed by atoms with Crippen molar-refractivity contribution in [1.29, 1.82) is 0 Å². The zero-order valence-electron chi connectivity index (χ0n) is 16.0. The van der Waals surface area contributed by atoms with Crippen molar-refractivity contribution in [3.8, 4) is 11.1 Å². The van der Waals surface area contributed by atoms with Gasteiger partial charge in [0.2, 0.25) is 0 Å². The van der Waals surface area contributed by atoms with E-state index in [2.05, 4.69) is 4.90 Å². The minimum Gasteiger partial charge on any atom is -0.378 e. The van der Waals surface area contributed by atoms with Gasteiger partial charge in [0.1, 0.15) is 17.3 Å². The van der Waals surface area contributed by atoms with Crippen LogP contribution in [-0.2, 0) is 11.3 Å². The normalized spacial score (nSPS) is 14.6. The largest absolute Gasteiger partial charge is 0.378 e. The number of nitrogens with zero attached hydrogens (tertiary/aromatic N) is 3. The van der Waals surface area contributed by atoms with Gasteiger partial charge in [0.15, 0.2) is 0 Å². The van der Waals surface area contributed by atoms with Gasteiger partial charge in [0.05, 0.1) is 18.8 Å². The lowest BCUT2D eigenvalue weighted by atomic mass is 10.0. The zero-order valence-corrected chi connectivity index (χ0v) is 16.0. The van der Waals surface area contributed by atoms with Crippen molar-refractivity contribution in [3.05, 3.63) is 63.3 Å². The van der Waals surface area contributed by atoms with Crippen molar-refractivity contribution in [2.24, 2.45) is 5.73 Å². The number of anilines is 1. The predicted molar refractivity (Wildman–Crippen MR) is 107 cm³/mol. The molecule has 0 amide bonds. The van der Waals surface area contributed by atoms with Crippen LogP contribution in [0.15, 0.2) is 35.1 Å². The summed E-state index contributed by atoms with van der Waals surface area (Å²) in [5.74, 6) is 0.360. The number of nitrogens with two attached hydrogens (primary N) is 1. The van der Waals surface area contributed by atoms with Gasteiger partial charge in [-0.25, -0.2) is 9.37 Å². The van der Waals surface area contributed by atoms with E-state index in [9.17, 15) is 9.18 Å². The molecule has 4 rings (SSSR count). The third-order valence-corrected chi connectivity index (χ3v) is 5.20. The maximum absolute atomic E-state index is 13.5. The van der Waals surface area contributed by atoms with Crippen molar-refractivity contribution >= 4 is 11.5 Å². The Hall–Kier alpha value is -2.77. The molecule has 1 aromatic carbocycles. The molecule has 1 aliphatic rings. The molecule has 6 nitrogen and oxygen atoms in total. The molecule has 1 saturated heterocycles. The van der Waals surface area contributed by atoms with E-state index in [4.69, 9.17) is 15.5 Å². The van der Waals surface area contributed by atoms with Gasteiger partial charge in [-0.05, 0) is 54.8 Å². The minimum absolute atomic E-state index is 0.125. The van der Waals surface area contributed by atoms with E-state index in [0.29, 0.717) is 43.3 Å². The van der Waals surface area contributed by atoms with Crippen molar-refractivity contribution in [2.75, 3.05) is 31.2 Å². The first-order chi connectivity index (χ1) is 13.5. The van der Waals surface area contributed by atoms with E-state index in [1.165, 1.54) is 12.1 Å². The van der Waals surface area contributed by atoms with E-state index in [1.807, 2.05) is 26.0 Å². The predicted octanol–water partition coefficient (Wildman–Crippen LogP) is 2.41. The van der Waals surface area contributed by atoms with Crippen LogP contribution in [0.5, 0.6) is 0 Å². The van der Waals surface area contributed by atoms with Crippen LogP contribution >= 0.6 is 0 Å². The molecule has 1 fully saturated rings. The summed E-state index contributed by atoms with van der Waals surface area (Å²) in [6.45, 7) is 6.40. The molecule has 0 atom stereocenters. The highest BCUT2D eigenvalue weighted by Crippen LogP contribution is 2.27. The van der Waals surface area contributed by atoms with E-state index in [-0.39, 0.29) is 17.9 Å². The Kier molecular flexibility index (Phi) is 4.87. The van der Waals surface area contributed by atoms with Gasteiger partial charge in [-0.1, -0.05) is 6.07 Å². The molecule has 28 heavy (non-hydrogen) atoms. The van der Waals surface area contributed by atoms with Crippen LogP contribution in [0.4, 0.5) is 10.2 Å². The molecule has 0 aliphatic carbocycles. The lowest BCUT2D eigenvalue weighted by Crippen LogP contribution is -2.39. The number of rotatable bonds is 3. The van der Waals surface area contributed by atoms with Crippen molar-refractivity contribution in [2.45, 2.75) is 20.4 Å². The fraction of sp³-hybridized carbons (Fsp3) is 0.333. The van der Waals surface area contributed by atoms with Gasteiger partial charge in [0, 0.05) is 25.3 Å². The van der Waals surface area contributed by atoms with Crippen LogP contribution in [0.2, 0.25) is 0 Å². The van der Waals surface area contributed by atoms with Gasteiger partial charge in [-0.3, -0.25) is 9.20 Å². The van der Waals surface area contributed by atoms with Crippen LogP contribution < -0.4 is 16.2 Å². The molecule has 2 aromatic heterocycles. The summed E-state index contributed by atoms with van der Waals surface area (Å²) < 4.78 is 20.5. The fourth-order valence-corrected chi connectivity index (χ4v) is 3.79. The van der Waals surface area contributed by atoms with Gasteiger partial charge in [-0.2, -0.15) is 0 Å². The molecule has 2 N–H and O–H groups in total. The molecule has 0 radical (unpaired) electrons. The molecule has 0 unspecified atom stereocenters. The molecular formula is C21H23FN4O2. The number of aromatic nitrogens is 2. The summed E-state index contributed by atoms with van der Waals surface area (Å²) >= 11 is 0. The van der Waals surface area contributed by atoms with Crippen LogP contribution in [0, 0.1) is 19.7 Å². The van der Waals surface area contributed by atoms with Crippen LogP contribution in [0.25, 0.3) is 16.8 Å². The maximum atomic E-state index is 13.5. The highest BCUT2D eigenvalue weighted by Gasteiger charge is 2.21. The maximum Gasteiger partial charge on any atom is 0.264 e. The van der Waals surface area contributed by atoms with E-state index >= 15 is 0 Å². The van der Waals surface area contributed by atoms with Crippen molar-refractivity contribution in [3.63, 3.8) is 0 Å². The fourth-order valence-electron chi connectivity index (χ4n) is 3.79. The van der Waals surface area contributed by atoms with Crippen molar-refractivity contribution < 1.29 is 9.13 Å². The first-order valence-corrected chi connectivity index (χ1v) is 9.35. The Morgan fingerprint density at radius 2 is 1.93 bits per heavy atom. The molecule has 0 spiro atoms. The molecule has 1 aliphatic heterocycles.